The molecule has 6 nitrogen and oxygen atoms in total. The summed E-state index contributed by atoms with van der Waals surface area (Å²) in [4.78, 5) is 16.0. The first-order valence-electron chi connectivity index (χ1n) is 8.34. The lowest BCUT2D eigenvalue weighted by molar-refractivity contribution is -0.127. The lowest BCUT2D eigenvalue weighted by atomic mass is 10.1. The molecule has 1 amide bonds. The summed E-state index contributed by atoms with van der Waals surface area (Å²) in [5.41, 5.74) is 7.49. The van der Waals surface area contributed by atoms with Crippen LogP contribution in [0.15, 0.2) is 46.7 Å². The maximum Gasteiger partial charge on any atom is 0.260 e. The molecule has 0 radical (unpaired) electrons. The Bertz CT molecular complexity index is 701. The Morgan fingerprint density at radius 1 is 1.42 bits per heavy atom. The summed E-state index contributed by atoms with van der Waals surface area (Å²) in [6.07, 6.45) is -0.133. The zero-order valence-electron chi connectivity index (χ0n) is 15.6. The zero-order valence-corrected chi connectivity index (χ0v) is 15.6. The lowest BCUT2D eigenvalue weighted by Gasteiger charge is -2.19. The topological polar surface area (TPSA) is 88.7 Å². The highest BCUT2D eigenvalue weighted by atomic mass is 19.1. The summed E-state index contributed by atoms with van der Waals surface area (Å²) in [6, 6.07) is 4.02. The number of hydrogen-bond donors (Lipinski definition) is 3. The van der Waals surface area contributed by atoms with Gasteiger partial charge in [0, 0.05) is 12.6 Å². The second-order valence-electron chi connectivity index (χ2n) is 5.87. The smallest absolute Gasteiger partial charge is 0.260 e. The van der Waals surface area contributed by atoms with E-state index >= 15 is 0 Å². The van der Waals surface area contributed by atoms with Crippen LogP contribution in [-0.2, 0) is 4.79 Å². The van der Waals surface area contributed by atoms with Gasteiger partial charge in [-0.2, -0.15) is 0 Å². The van der Waals surface area contributed by atoms with Crippen molar-refractivity contribution in [2.45, 2.75) is 33.3 Å². The third kappa shape index (κ3) is 6.33. The Labute approximate surface area is 154 Å². The summed E-state index contributed by atoms with van der Waals surface area (Å²) in [5, 5.41) is 5.77. The van der Waals surface area contributed by atoms with Crippen molar-refractivity contribution in [3.63, 3.8) is 0 Å². The van der Waals surface area contributed by atoms with Gasteiger partial charge < -0.3 is 21.1 Å². The summed E-state index contributed by atoms with van der Waals surface area (Å²) in [7, 11) is 0. The fraction of sp³-hybridized carbons (Fsp3) is 0.368. The second kappa shape index (κ2) is 10.4. The first kappa shape index (κ1) is 21.4. The normalized spacial score (nSPS) is 12.7. The largest absolute Gasteiger partial charge is 0.479 e. The number of nitrogens with zero attached hydrogens (tertiary/aromatic N) is 1. The minimum Gasteiger partial charge on any atom is -0.479 e. The van der Waals surface area contributed by atoms with Gasteiger partial charge in [0.05, 0.1) is 5.69 Å². The molecule has 4 N–H and O–H groups in total. The van der Waals surface area contributed by atoms with Gasteiger partial charge in [-0.15, -0.1) is 0 Å². The molecule has 1 aromatic carbocycles. The predicted molar refractivity (Wildman–Crippen MR) is 104 cm³/mol. The molecule has 0 bridgehead atoms. The molecule has 0 aliphatic rings. The van der Waals surface area contributed by atoms with Crippen LogP contribution in [0, 0.1) is 5.82 Å². The van der Waals surface area contributed by atoms with E-state index in [9.17, 15) is 9.18 Å². The molecule has 0 saturated carbocycles. The summed E-state index contributed by atoms with van der Waals surface area (Å²) < 4.78 is 19.3. The number of rotatable bonds is 10. The van der Waals surface area contributed by atoms with Crippen LogP contribution in [0.3, 0.4) is 0 Å². The van der Waals surface area contributed by atoms with Crippen LogP contribution >= 0.6 is 0 Å². The zero-order chi connectivity index (χ0) is 19.7. The average molecular weight is 362 g/mol. The van der Waals surface area contributed by atoms with Crippen molar-refractivity contribution in [1.29, 1.82) is 0 Å². The maximum atomic E-state index is 13.7. The highest BCUT2D eigenvalue weighted by Crippen LogP contribution is 2.29. The van der Waals surface area contributed by atoms with Crippen LogP contribution < -0.4 is 21.1 Å². The van der Waals surface area contributed by atoms with E-state index in [1.54, 1.807) is 6.92 Å². The molecule has 0 aliphatic heterocycles. The van der Waals surface area contributed by atoms with Crippen molar-refractivity contribution in [1.82, 2.24) is 5.32 Å². The Kier molecular flexibility index (Phi) is 8.51. The predicted octanol–water partition coefficient (Wildman–Crippen LogP) is 2.98. The van der Waals surface area contributed by atoms with Crippen LogP contribution in [0.5, 0.6) is 5.75 Å². The maximum absolute atomic E-state index is 13.7. The summed E-state index contributed by atoms with van der Waals surface area (Å²) in [5.74, 6) is -0.101. The fourth-order valence-corrected chi connectivity index (χ4v) is 1.98. The average Bonchev–Trinajstić information content (AvgIpc) is 2.60. The Morgan fingerprint density at radius 2 is 2.12 bits per heavy atom. The molecule has 0 aromatic heterocycles. The molecule has 1 rings (SSSR count). The number of nitrogens with one attached hydrogen (secondary N) is 2. The van der Waals surface area contributed by atoms with Gasteiger partial charge in [-0.05, 0) is 58.2 Å². The quantitative estimate of drug-likeness (QED) is 0.339. The number of nitrogens with two attached hydrogens (primary N) is 1. The van der Waals surface area contributed by atoms with Crippen molar-refractivity contribution in [3.8, 4) is 5.75 Å². The van der Waals surface area contributed by atoms with Gasteiger partial charge in [-0.1, -0.05) is 12.2 Å². The highest BCUT2D eigenvalue weighted by Gasteiger charge is 2.17. The van der Waals surface area contributed by atoms with E-state index in [2.05, 4.69) is 28.9 Å². The molecule has 7 heteroatoms. The fourth-order valence-electron chi connectivity index (χ4n) is 1.98. The van der Waals surface area contributed by atoms with Crippen LogP contribution in [0.4, 0.5) is 10.1 Å². The molecular formula is C19H27FN4O2. The number of anilines is 1. The third-order valence-electron chi connectivity index (χ3n) is 3.70. The van der Waals surface area contributed by atoms with E-state index < -0.39 is 11.9 Å². The molecule has 0 fully saturated rings. The molecule has 26 heavy (non-hydrogen) atoms. The third-order valence-corrected chi connectivity index (χ3v) is 3.70. The number of hydrogen-bond acceptors (Lipinski definition) is 5. The number of allylic oxidation sites excluding steroid dienone is 2. The first-order valence-corrected chi connectivity index (χ1v) is 8.34. The molecule has 1 aromatic rings. The van der Waals surface area contributed by atoms with Gasteiger partial charge in [-0.25, -0.2) is 9.38 Å². The molecular weight excluding hydrogens is 335 g/mol. The van der Waals surface area contributed by atoms with E-state index in [0.29, 0.717) is 31.0 Å². The Hall–Kier alpha value is -2.67. The van der Waals surface area contributed by atoms with Crippen molar-refractivity contribution in [2.24, 2.45) is 10.7 Å². The van der Waals surface area contributed by atoms with Crippen molar-refractivity contribution in [3.05, 3.63) is 47.6 Å². The summed E-state index contributed by atoms with van der Waals surface area (Å²) >= 11 is 0. The minimum atomic E-state index is -0.804. The van der Waals surface area contributed by atoms with Crippen molar-refractivity contribution < 1.29 is 13.9 Å². The van der Waals surface area contributed by atoms with Gasteiger partial charge in [0.2, 0.25) is 0 Å². The molecule has 0 saturated heterocycles. The SMILES string of the molecule is C=N/C(Nc1ccc(F)cc1OC(C)C(=O)NCCCN)=C(\C)C(=C)C. The molecule has 0 spiro atoms. The van der Waals surface area contributed by atoms with Gasteiger partial charge in [-0.3, -0.25) is 4.79 Å². The van der Waals surface area contributed by atoms with E-state index in [4.69, 9.17) is 10.5 Å². The molecule has 1 atom stereocenters. The van der Waals surface area contributed by atoms with E-state index in [-0.39, 0.29) is 11.7 Å². The number of amides is 1. The van der Waals surface area contributed by atoms with Crippen LogP contribution in [-0.4, -0.2) is 31.8 Å². The minimum absolute atomic E-state index is 0.196. The summed E-state index contributed by atoms with van der Waals surface area (Å²) in [6.45, 7) is 13.6. The number of benzene rings is 1. The number of carbonyl (C=O) groups is 1. The van der Waals surface area contributed by atoms with Gasteiger partial charge in [0.25, 0.3) is 5.91 Å². The Morgan fingerprint density at radius 3 is 2.69 bits per heavy atom. The van der Waals surface area contributed by atoms with E-state index in [1.807, 2.05) is 13.8 Å². The van der Waals surface area contributed by atoms with E-state index in [0.717, 1.165) is 11.1 Å². The first-order chi connectivity index (χ1) is 12.3. The lowest BCUT2D eigenvalue weighted by Crippen LogP contribution is -2.37. The van der Waals surface area contributed by atoms with Gasteiger partial charge >= 0.3 is 0 Å². The number of aliphatic imine (C=N–C) groups is 1. The van der Waals surface area contributed by atoms with Gasteiger partial charge in [0.1, 0.15) is 17.4 Å². The molecule has 0 aliphatic carbocycles. The number of ether oxygens (including phenoxy) is 1. The van der Waals surface area contributed by atoms with Crippen molar-refractivity contribution in [2.75, 3.05) is 18.4 Å². The number of carbonyl (C=O) groups excluding carboxylic acids is 1. The van der Waals surface area contributed by atoms with Crippen molar-refractivity contribution >= 4 is 18.3 Å². The Balaban J connectivity index is 3.00. The standard InChI is InChI=1S/C19H27FN4O2/c1-12(2)13(3)18(22-5)24-16-8-7-15(20)11-17(16)26-14(4)19(25)23-10-6-9-21/h7-8,11,14,24H,1,5-6,9-10,21H2,2-4H3,(H,23,25)/b18-13-. The monoisotopic (exact) mass is 362 g/mol. The highest BCUT2D eigenvalue weighted by molar-refractivity contribution is 5.81. The molecule has 1 unspecified atom stereocenters. The van der Waals surface area contributed by atoms with Crippen LogP contribution in [0.1, 0.15) is 27.2 Å². The second-order valence-corrected chi connectivity index (χ2v) is 5.87. The molecule has 142 valence electrons. The number of halogens is 1. The van der Waals surface area contributed by atoms with Crippen LogP contribution in [0.25, 0.3) is 0 Å². The van der Waals surface area contributed by atoms with Crippen LogP contribution in [0.2, 0.25) is 0 Å². The molecule has 0 heterocycles. The van der Waals surface area contributed by atoms with Gasteiger partial charge in [0.15, 0.2) is 6.10 Å². The van der Waals surface area contributed by atoms with E-state index in [1.165, 1.54) is 18.2 Å².